The number of anilines is 1. The van der Waals surface area contributed by atoms with Crippen LogP contribution in [0.25, 0.3) is 0 Å². The Bertz CT molecular complexity index is 610. The van der Waals surface area contributed by atoms with Gasteiger partial charge in [0.15, 0.2) is 0 Å². The molecule has 0 bridgehead atoms. The Balaban J connectivity index is 0.00000338. The summed E-state index contributed by atoms with van der Waals surface area (Å²) in [6.45, 7) is 3.11. The highest BCUT2D eigenvalue weighted by Gasteiger charge is 2.34. The fourth-order valence-corrected chi connectivity index (χ4v) is 3.60. The van der Waals surface area contributed by atoms with E-state index in [1.165, 1.54) is 0 Å². The zero-order valence-corrected chi connectivity index (χ0v) is 17.2. The van der Waals surface area contributed by atoms with Crippen LogP contribution in [0.5, 0.6) is 0 Å². The number of rotatable bonds is 6. The molecule has 1 atom stereocenters. The first-order chi connectivity index (χ1) is 11.7. The quantitative estimate of drug-likeness (QED) is 0.602. The number of alkyl halides is 3. The summed E-state index contributed by atoms with van der Waals surface area (Å²) >= 11 is 5.99. The average Bonchev–Trinajstić information content (AvgIpc) is 2.55. The van der Waals surface area contributed by atoms with Gasteiger partial charge in [0, 0.05) is 19.3 Å². The number of carboxylic acids is 1. The molecule has 27 heavy (non-hydrogen) atoms. The van der Waals surface area contributed by atoms with E-state index >= 15 is 0 Å². The minimum atomic E-state index is -4.48. The second-order valence-electron chi connectivity index (χ2n) is 6.44. The van der Waals surface area contributed by atoms with Crippen LogP contribution in [0.1, 0.15) is 44.6 Å². The van der Waals surface area contributed by atoms with E-state index in [0.29, 0.717) is 38.2 Å². The Morgan fingerprint density at radius 2 is 1.96 bits per heavy atom. The summed E-state index contributed by atoms with van der Waals surface area (Å²) in [4.78, 5) is 17.2. The first-order valence-corrected chi connectivity index (χ1v) is 8.82. The third-order valence-corrected chi connectivity index (χ3v) is 5.02. The predicted molar refractivity (Wildman–Crippen MR) is 104 cm³/mol. The lowest BCUT2D eigenvalue weighted by molar-refractivity contribution is -0.144. The van der Waals surface area contributed by atoms with Crippen molar-refractivity contribution in [2.75, 3.05) is 18.0 Å². The van der Waals surface area contributed by atoms with Crippen LogP contribution < -0.4 is 4.90 Å². The van der Waals surface area contributed by atoms with Crippen molar-refractivity contribution >= 4 is 48.2 Å². The molecule has 10 heteroatoms. The van der Waals surface area contributed by atoms with Crippen LogP contribution in [0.3, 0.4) is 0 Å². The van der Waals surface area contributed by atoms with Crippen LogP contribution in [0, 0.1) is 11.8 Å². The third-order valence-electron chi connectivity index (χ3n) is 4.74. The number of aromatic nitrogens is 1. The Hall–Kier alpha value is -0.920. The van der Waals surface area contributed by atoms with Crippen LogP contribution in [0.15, 0.2) is 12.3 Å². The zero-order chi connectivity index (χ0) is 18.6. The van der Waals surface area contributed by atoms with Crippen molar-refractivity contribution in [2.45, 2.75) is 45.2 Å². The van der Waals surface area contributed by atoms with Gasteiger partial charge in [-0.1, -0.05) is 31.4 Å². The molecule has 1 N–H and O–H groups in total. The van der Waals surface area contributed by atoms with E-state index < -0.39 is 17.7 Å². The van der Waals surface area contributed by atoms with Gasteiger partial charge < -0.3 is 10.0 Å². The van der Waals surface area contributed by atoms with E-state index in [1.54, 1.807) is 0 Å². The first-order valence-electron chi connectivity index (χ1n) is 8.44. The topological polar surface area (TPSA) is 53.4 Å². The number of aliphatic carboxylic acids is 1. The molecule has 2 rings (SSSR count). The van der Waals surface area contributed by atoms with Gasteiger partial charge in [-0.25, -0.2) is 4.98 Å². The highest BCUT2D eigenvalue weighted by Crippen LogP contribution is 2.36. The molecule has 0 saturated carbocycles. The number of piperidine rings is 1. The highest BCUT2D eigenvalue weighted by atomic mass is 35.5. The third kappa shape index (κ3) is 6.88. The number of halogens is 6. The number of carbonyl (C=O) groups is 1. The minimum absolute atomic E-state index is 0. The lowest BCUT2D eigenvalue weighted by Crippen LogP contribution is -2.38. The Morgan fingerprint density at radius 1 is 1.37 bits per heavy atom. The van der Waals surface area contributed by atoms with E-state index in [4.69, 9.17) is 11.6 Å². The van der Waals surface area contributed by atoms with Crippen LogP contribution in [-0.4, -0.2) is 29.1 Å². The predicted octanol–water partition coefficient (Wildman–Crippen LogP) is 5.70. The molecule has 2 heterocycles. The largest absolute Gasteiger partial charge is 0.481 e. The Kier molecular flexibility index (Phi) is 10.8. The molecule has 0 aromatic carbocycles. The van der Waals surface area contributed by atoms with Gasteiger partial charge in [0.25, 0.3) is 0 Å². The summed E-state index contributed by atoms with van der Waals surface area (Å²) in [5.74, 6) is -0.724. The molecular weight excluding hydrogens is 428 g/mol. The van der Waals surface area contributed by atoms with Gasteiger partial charge in [-0.05, 0) is 31.2 Å². The van der Waals surface area contributed by atoms with Crippen LogP contribution >= 0.6 is 36.4 Å². The van der Waals surface area contributed by atoms with E-state index in [9.17, 15) is 23.1 Å². The summed E-state index contributed by atoms with van der Waals surface area (Å²) in [5.41, 5.74) is -0.873. The van der Waals surface area contributed by atoms with Crippen LogP contribution in [0.4, 0.5) is 19.0 Å². The molecule has 156 valence electrons. The highest BCUT2D eigenvalue weighted by molar-refractivity contribution is 6.33. The maximum Gasteiger partial charge on any atom is 0.417 e. The number of hydrogen-bond acceptors (Lipinski definition) is 3. The van der Waals surface area contributed by atoms with Crippen molar-refractivity contribution in [2.24, 2.45) is 11.8 Å². The normalized spacial score (nSPS) is 16.3. The molecule has 1 aromatic rings. The van der Waals surface area contributed by atoms with E-state index in [1.807, 2.05) is 11.8 Å². The monoisotopic (exact) mass is 450 g/mol. The van der Waals surface area contributed by atoms with E-state index in [2.05, 4.69) is 4.98 Å². The van der Waals surface area contributed by atoms with Crippen molar-refractivity contribution in [3.63, 3.8) is 0 Å². The number of unbranched alkanes of at least 4 members (excludes halogenated alkanes) is 1. The van der Waals surface area contributed by atoms with Gasteiger partial charge >= 0.3 is 12.1 Å². The lowest BCUT2D eigenvalue weighted by atomic mass is 9.81. The lowest BCUT2D eigenvalue weighted by Gasteiger charge is -2.35. The van der Waals surface area contributed by atoms with Crippen molar-refractivity contribution < 1.29 is 23.1 Å². The van der Waals surface area contributed by atoms with Crippen molar-refractivity contribution in [1.82, 2.24) is 4.98 Å². The fourth-order valence-electron chi connectivity index (χ4n) is 3.32. The summed E-state index contributed by atoms with van der Waals surface area (Å²) < 4.78 is 38.1. The van der Waals surface area contributed by atoms with Crippen LogP contribution in [-0.2, 0) is 11.0 Å². The zero-order valence-electron chi connectivity index (χ0n) is 14.8. The van der Waals surface area contributed by atoms with Gasteiger partial charge in [-0.3, -0.25) is 4.79 Å². The molecule has 1 fully saturated rings. The molecule has 1 unspecified atom stereocenters. The minimum Gasteiger partial charge on any atom is -0.481 e. The van der Waals surface area contributed by atoms with Crippen molar-refractivity contribution in [1.29, 1.82) is 0 Å². The van der Waals surface area contributed by atoms with Crippen molar-refractivity contribution in [3.05, 3.63) is 22.8 Å². The van der Waals surface area contributed by atoms with Gasteiger partial charge in [0.1, 0.15) is 5.82 Å². The molecule has 1 aliphatic heterocycles. The smallest absolute Gasteiger partial charge is 0.417 e. The van der Waals surface area contributed by atoms with Gasteiger partial charge in [0.05, 0.1) is 16.5 Å². The van der Waals surface area contributed by atoms with Gasteiger partial charge in [-0.15, -0.1) is 24.8 Å². The van der Waals surface area contributed by atoms with Gasteiger partial charge in [0.2, 0.25) is 0 Å². The molecule has 0 spiro atoms. The molecule has 1 aliphatic rings. The molecule has 0 amide bonds. The van der Waals surface area contributed by atoms with E-state index in [-0.39, 0.29) is 41.7 Å². The number of carboxylic acid groups (broad SMARTS) is 1. The molecule has 0 radical (unpaired) electrons. The van der Waals surface area contributed by atoms with Crippen molar-refractivity contribution in [3.8, 4) is 0 Å². The second kappa shape index (κ2) is 11.2. The maximum atomic E-state index is 12.7. The van der Waals surface area contributed by atoms with Crippen LogP contribution in [0.2, 0.25) is 5.02 Å². The molecule has 4 nitrogen and oxygen atoms in total. The molecular formula is C17H24Cl3F3N2O2. The van der Waals surface area contributed by atoms with Gasteiger partial charge in [-0.2, -0.15) is 13.2 Å². The molecule has 1 aromatic heterocycles. The standard InChI is InChI=1S/C17H22ClF3N2O2.2ClH/c1-2-3-4-13(16(24)25)11-5-7-23(8-6-11)15-14(18)9-12(10-22-15)17(19,20)21;;/h9-11,13H,2-8H2,1H3,(H,24,25);2*1H. The maximum absolute atomic E-state index is 12.7. The molecule has 0 aliphatic carbocycles. The number of nitrogens with zero attached hydrogens (tertiary/aromatic N) is 2. The number of hydrogen-bond donors (Lipinski definition) is 1. The average molecular weight is 452 g/mol. The first kappa shape index (κ1) is 26.1. The second-order valence-corrected chi connectivity index (χ2v) is 6.85. The SMILES string of the molecule is CCCCC(C(=O)O)C1CCN(c2ncc(C(F)(F)F)cc2Cl)CC1.Cl.Cl. The summed E-state index contributed by atoms with van der Waals surface area (Å²) in [6.07, 6.45) is 0.136. The summed E-state index contributed by atoms with van der Waals surface area (Å²) in [6, 6.07) is 0.886. The summed E-state index contributed by atoms with van der Waals surface area (Å²) in [5, 5.41) is 9.40. The Morgan fingerprint density at radius 3 is 2.41 bits per heavy atom. The Labute approximate surface area is 174 Å². The van der Waals surface area contributed by atoms with E-state index in [0.717, 1.165) is 25.1 Å². The number of pyridine rings is 1. The summed E-state index contributed by atoms with van der Waals surface area (Å²) in [7, 11) is 0. The fraction of sp³-hybridized carbons (Fsp3) is 0.647. The molecule has 1 saturated heterocycles.